The molecule has 1 aliphatic heterocycles. The highest BCUT2D eigenvalue weighted by Crippen LogP contribution is 2.28. The van der Waals surface area contributed by atoms with E-state index in [9.17, 15) is 0 Å². The lowest BCUT2D eigenvalue weighted by molar-refractivity contribution is 0.0790. The standard InChI is InChI=1S/C10H17N3O/c1-2-8-9(12-13-10(8)11)7-4-3-5-14-6-7/h7H,2-6H2,1H3,(H3,11,12,13). The number of rotatable bonds is 2. The van der Waals surface area contributed by atoms with E-state index in [1.54, 1.807) is 0 Å². The van der Waals surface area contributed by atoms with E-state index >= 15 is 0 Å². The van der Waals surface area contributed by atoms with Crippen molar-refractivity contribution in [2.24, 2.45) is 0 Å². The Morgan fingerprint density at radius 2 is 2.50 bits per heavy atom. The van der Waals surface area contributed by atoms with Crippen LogP contribution >= 0.6 is 0 Å². The maximum atomic E-state index is 5.78. The molecule has 1 fully saturated rings. The molecule has 1 aliphatic rings. The Morgan fingerprint density at radius 1 is 1.64 bits per heavy atom. The number of H-pyrrole nitrogens is 1. The highest BCUT2D eigenvalue weighted by molar-refractivity contribution is 5.43. The number of ether oxygens (including phenoxy) is 1. The fourth-order valence-corrected chi connectivity index (χ4v) is 2.07. The van der Waals surface area contributed by atoms with Gasteiger partial charge in [-0.3, -0.25) is 5.10 Å². The molecular weight excluding hydrogens is 178 g/mol. The summed E-state index contributed by atoms with van der Waals surface area (Å²) < 4.78 is 5.46. The van der Waals surface area contributed by atoms with Crippen molar-refractivity contribution in [2.75, 3.05) is 18.9 Å². The fraction of sp³-hybridized carbons (Fsp3) is 0.700. The molecule has 0 spiro atoms. The van der Waals surface area contributed by atoms with Crippen LogP contribution in [0.5, 0.6) is 0 Å². The van der Waals surface area contributed by atoms with Crippen molar-refractivity contribution in [2.45, 2.75) is 32.1 Å². The molecule has 0 saturated carbocycles. The first-order valence-corrected chi connectivity index (χ1v) is 5.23. The molecule has 1 unspecified atom stereocenters. The largest absolute Gasteiger partial charge is 0.382 e. The highest BCUT2D eigenvalue weighted by Gasteiger charge is 2.21. The number of hydrogen-bond donors (Lipinski definition) is 2. The van der Waals surface area contributed by atoms with E-state index in [4.69, 9.17) is 10.5 Å². The Kier molecular flexibility index (Phi) is 2.72. The van der Waals surface area contributed by atoms with Gasteiger partial charge in [0.25, 0.3) is 0 Å². The van der Waals surface area contributed by atoms with Gasteiger partial charge >= 0.3 is 0 Å². The van der Waals surface area contributed by atoms with Crippen molar-refractivity contribution >= 4 is 5.82 Å². The molecule has 0 aromatic carbocycles. The van der Waals surface area contributed by atoms with Crippen LogP contribution in [0.25, 0.3) is 0 Å². The van der Waals surface area contributed by atoms with Crippen molar-refractivity contribution in [3.8, 4) is 0 Å². The highest BCUT2D eigenvalue weighted by atomic mass is 16.5. The van der Waals surface area contributed by atoms with Crippen LogP contribution < -0.4 is 5.73 Å². The van der Waals surface area contributed by atoms with Crippen molar-refractivity contribution in [3.05, 3.63) is 11.3 Å². The van der Waals surface area contributed by atoms with Gasteiger partial charge in [-0.1, -0.05) is 6.92 Å². The van der Waals surface area contributed by atoms with Crippen molar-refractivity contribution in [1.82, 2.24) is 10.2 Å². The van der Waals surface area contributed by atoms with Gasteiger partial charge in [0.1, 0.15) is 5.82 Å². The van der Waals surface area contributed by atoms with E-state index in [1.165, 1.54) is 17.7 Å². The molecule has 78 valence electrons. The van der Waals surface area contributed by atoms with Gasteiger partial charge in [0.2, 0.25) is 0 Å². The second kappa shape index (κ2) is 4.00. The Hall–Kier alpha value is -1.03. The van der Waals surface area contributed by atoms with Crippen molar-refractivity contribution < 1.29 is 4.74 Å². The zero-order valence-corrected chi connectivity index (χ0v) is 8.55. The number of hydrogen-bond acceptors (Lipinski definition) is 3. The van der Waals surface area contributed by atoms with Crippen LogP contribution in [-0.4, -0.2) is 23.4 Å². The Morgan fingerprint density at radius 3 is 3.14 bits per heavy atom. The van der Waals surface area contributed by atoms with Gasteiger partial charge in [0.15, 0.2) is 0 Å². The average molecular weight is 195 g/mol. The van der Waals surface area contributed by atoms with E-state index in [0.717, 1.165) is 26.1 Å². The van der Waals surface area contributed by atoms with Gasteiger partial charge < -0.3 is 10.5 Å². The third-order valence-electron chi connectivity index (χ3n) is 2.85. The molecule has 4 nitrogen and oxygen atoms in total. The summed E-state index contributed by atoms with van der Waals surface area (Å²) in [6, 6.07) is 0. The molecule has 0 amide bonds. The summed E-state index contributed by atoms with van der Waals surface area (Å²) in [6.07, 6.45) is 3.25. The van der Waals surface area contributed by atoms with Gasteiger partial charge in [-0.25, -0.2) is 0 Å². The molecule has 1 aromatic heterocycles. The Labute approximate surface area is 83.8 Å². The van der Waals surface area contributed by atoms with Crippen molar-refractivity contribution in [1.29, 1.82) is 0 Å². The Balaban J connectivity index is 2.21. The SMILES string of the molecule is CCc1c(N)n[nH]c1C1CCCOC1. The first-order valence-electron chi connectivity index (χ1n) is 5.23. The van der Waals surface area contributed by atoms with Crippen LogP contribution in [0.15, 0.2) is 0 Å². The van der Waals surface area contributed by atoms with Crippen molar-refractivity contribution in [3.63, 3.8) is 0 Å². The molecule has 0 radical (unpaired) electrons. The fourth-order valence-electron chi connectivity index (χ4n) is 2.07. The summed E-state index contributed by atoms with van der Waals surface area (Å²) in [5.74, 6) is 1.11. The topological polar surface area (TPSA) is 63.9 Å². The maximum Gasteiger partial charge on any atom is 0.148 e. The van der Waals surface area contributed by atoms with Gasteiger partial charge in [-0.15, -0.1) is 0 Å². The minimum absolute atomic E-state index is 0.462. The normalized spacial score (nSPS) is 22.5. The summed E-state index contributed by atoms with van der Waals surface area (Å²) in [7, 11) is 0. The second-order valence-electron chi connectivity index (χ2n) is 3.77. The summed E-state index contributed by atoms with van der Waals surface area (Å²) in [6.45, 7) is 3.80. The van der Waals surface area contributed by atoms with Crippen LogP contribution in [0.2, 0.25) is 0 Å². The molecule has 4 heteroatoms. The van der Waals surface area contributed by atoms with Crippen LogP contribution in [-0.2, 0) is 11.2 Å². The van der Waals surface area contributed by atoms with Crippen LogP contribution in [0.4, 0.5) is 5.82 Å². The lowest BCUT2D eigenvalue weighted by atomic mass is 9.95. The number of anilines is 1. The van der Waals surface area contributed by atoms with E-state index in [-0.39, 0.29) is 0 Å². The lowest BCUT2D eigenvalue weighted by Crippen LogP contribution is -2.17. The number of nitrogens with one attached hydrogen (secondary N) is 1. The van der Waals surface area contributed by atoms with Crippen LogP contribution in [0, 0.1) is 0 Å². The molecule has 0 aliphatic carbocycles. The quantitative estimate of drug-likeness (QED) is 0.750. The van der Waals surface area contributed by atoms with Gasteiger partial charge in [-0.05, 0) is 19.3 Å². The maximum absolute atomic E-state index is 5.78. The number of aromatic nitrogens is 2. The molecule has 0 bridgehead atoms. The number of aromatic amines is 1. The first-order chi connectivity index (χ1) is 6.83. The van der Waals surface area contributed by atoms with Gasteiger partial charge in [0, 0.05) is 23.8 Å². The smallest absolute Gasteiger partial charge is 0.148 e. The average Bonchev–Trinajstić information content (AvgIpc) is 2.61. The van der Waals surface area contributed by atoms with Gasteiger partial charge in [0.05, 0.1) is 6.61 Å². The molecule has 14 heavy (non-hydrogen) atoms. The zero-order valence-electron chi connectivity index (χ0n) is 8.55. The van der Waals surface area contributed by atoms with Gasteiger partial charge in [-0.2, -0.15) is 5.10 Å². The molecule has 1 saturated heterocycles. The van der Waals surface area contributed by atoms with E-state index in [1.807, 2.05) is 0 Å². The Bertz CT molecular complexity index is 302. The van der Waals surface area contributed by atoms with Crippen LogP contribution in [0.3, 0.4) is 0 Å². The predicted octanol–water partition coefficient (Wildman–Crippen LogP) is 1.45. The minimum atomic E-state index is 0.462. The summed E-state index contributed by atoms with van der Waals surface area (Å²) in [5, 5.41) is 7.10. The summed E-state index contributed by atoms with van der Waals surface area (Å²) >= 11 is 0. The molecule has 1 aromatic rings. The molecule has 2 rings (SSSR count). The van der Waals surface area contributed by atoms with E-state index < -0.39 is 0 Å². The number of nitrogens with two attached hydrogens (primary N) is 1. The molecular formula is C10H17N3O. The monoisotopic (exact) mass is 195 g/mol. The van der Waals surface area contributed by atoms with E-state index in [0.29, 0.717) is 11.7 Å². The number of nitrogens with zero attached hydrogens (tertiary/aromatic N) is 1. The van der Waals surface area contributed by atoms with Crippen LogP contribution in [0.1, 0.15) is 36.9 Å². The summed E-state index contributed by atoms with van der Waals surface area (Å²) in [5.41, 5.74) is 8.13. The second-order valence-corrected chi connectivity index (χ2v) is 3.77. The number of nitrogen functional groups attached to an aromatic ring is 1. The molecule has 2 heterocycles. The first kappa shape index (κ1) is 9.52. The van der Waals surface area contributed by atoms with E-state index in [2.05, 4.69) is 17.1 Å². The molecule has 1 atom stereocenters. The third-order valence-corrected chi connectivity index (χ3v) is 2.85. The molecule has 3 N–H and O–H groups in total. The lowest BCUT2D eigenvalue weighted by Gasteiger charge is -2.21. The third kappa shape index (κ3) is 1.62. The minimum Gasteiger partial charge on any atom is -0.382 e. The predicted molar refractivity (Wildman–Crippen MR) is 55.2 cm³/mol. The zero-order chi connectivity index (χ0) is 9.97. The summed E-state index contributed by atoms with van der Waals surface area (Å²) in [4.78, 5) is 0.